The van der Waals surface area contributed by atoms with E-state index in [1.54, 1.807) is 6.92 Å². The van der Waals surface area contributed by atoms with Crippen LogP contribution in [0.25, 0.3) is 0 Å². The predicted molar refractivity (Wildman–Crippen MR) is 62.9 cm³/mol. The van der Waals surface area contributed by atoms with Gasteiger partial charge in [-0.15, -0.1) is 0 Å². The Morgan fingerprint density at radius 3 is 2.20 bits per heavy atom. The Morgan fingerprint density at radius 1 is 1.40 bits per heavy atom. The van der Waals surface area contributed by atoms with Crippen molar-refractivity contribution in [1.82, 2.24) is 5.32 Å². The Bertz CT molecular complexity index is 291. The van der Waals surface area contributed by atoms with Gasteiger partial charge in [-0.05, 0) is 31.9 Å². The van der Waals surface area contributed by atoms with Crippen molar-refractivity contribution in [3.8, 4) is 0 Å². The van der Waals surface area contributed by atoms with E-state index in [0.717, 1.165) is 19.4 Å². The van der Waals surface area contributed by atoms with Crippen molar-refractivity contribution in [2.24, 2.45) is 0 Å². The van der Waals surface area contributed by atoms with E-state index in [4.69, 9.17) is 0 Å². The SMILES string of the molecule is CC(=O)C1CCN1.CCc1ccccc1. The summed E-state index contributed by atoms with van der Waals surface area (Å²) in [6.07, 6.45) is 2.18. The van der Waals surface area contributed by atoms with Gasteiger partial charge in [0.2, 0.25) is 0 Å². The quantitative estimate of drug-likeness (QED) is 0.802. The van der Waals surface area contributed by atoms with Crippen LogP contribution in [0.4, 0.5) is 0 Å². The number of hydrogen-bond donors (Lipinski definition) is 1. The van der Waals surface area contributed by atoms with E-state index in [-0.39, 0.29) is 11.8 Å². The summed E-state index contributed by atoms with van der Waals surface area (Å²) in [5.74, 6) is 0.270. The molecule has 2 nitrogen and oxygen atoms in total. The molecule has 1 fully saturated rings. The van der Waals surface area contributed by atoms with Crippen LogP contribution in [0, 0.1) is 0 Å². The maximum absolute atomic E-state index is 10.4. The van der Waals surface area contributed by atoms with Crippen LogP contribution in [0.15, 0.2) is 30.3 Å². The van der Waals surface area contributed by atoms with Crippen LogP contribution < -0.4 is 5.32 Å². The minimum Gasteiger partial charge on any atom is -0.307 e. The van der Waals surface area contributed by atoms with E-state index < -0.39 is 0 Å². The van der Waals surface area contributed by atoms with Gasteiger partial charge in [0, 0.05) is 0 Å². The normalized spacial score (nSPS) is 18.4. The summed E-state index contributed by atoms with van der Waals surface area (Å²) in [5, 5.41) is 3.00. The van der Waals surface area contributed by atoms with Gasteiger partial charge in [-0.1, -0.05) is 37.3 Å². The number of nitrogens with one attached hydrogen (secondary N) is 1. The first-order valence-corrected chi connectivity index (χ1v) is 5.51. The fourth-order valence-electron chi connectivity index (χ4n) is 1.35. The zero-order valence-corrected chi connectivity index (χ0v) is 9.49. The monoisotopic (exact) mass is 205 g/mol. The molecule has 1 aliphatic rings. The summed E-state index contributed by atoms with van der Waals surface area (Å²) in [6, 6.07) is 10.6. The van der Waals surface area contributed by atoms with Crippen LogP contribution in [-0.2, 0) is 11.2 Å². The predicted octanol–water partition coefficient (Wildman–Crippen LogP) is 2.19. The second-order valence-corrected chi connectivity index (χ2v) is 3.75. The van der Waals surface area contributed by atoms with Crippen molar-refractivity contribution in [1.29, 1.82) is 0 Å². The molecule has 0 radical (unpaired) electrons. The molecule has 0 aliphatic carbocycles. The van der Waals surface area contributed by atoms with Crippen molar-refractivity contribution in [3.63, 3.8) is 0 Å². The van der Waals surface area contributed by atoms with E-state index in [1.807, 2.05) is 6.07 Å². The molecule has 1 unspecified atom stereocenters. The number of benzene rings is 1. The van der Waals surface area contributed by atoms with Gasteiger partial charge in [0.1, 0.15) is 5.78 Å². The van der Waals surface area contributed by atoms with Crippen molar-refractivity contribution < 1.29 is 4.79 Å². The number of rotatable bonds is 2. The summed E-state index contributed by atoms with van der Waals surface area (Å²) < 4.78 is 0. The first-order valence-electron chi connectivity index (χ1n) is 5.51. The molecular formula is C13H19NO. The molecule has 0 aromatic heterocycles. The summed E-state index contributed by atoms with van der Waals surface area (Å²) in [5.41, 5.74) is 1.41. The van der Waals surface area contributed by atoms with Crippen LogP contribution in [0.3, 0.4) is 0 Å². The van der Waals surface area contributed by atoms with Crippen molar-refractivity contribution in [2.75, 3.05) is 6.54 Å². The highest BCUT2D eigenvalue weighted by Crippen LogP contribution is 2.00. The van der Waals surface area contributed by atoms with Crippen LogP contribution in [0.5, 0.6) is 0 Å². The molecule has 1 heterocycles. The lowest BCUT2D eigenvalue weighted by molar-refractivity contribution is -0.120. The molecule has 1 aromatic rings. The first kappa shape index (κ1) is 11.9. The zero-order chi connectivity index (χ0) is 11.1. The van der Waals surface area contributed by atoms with Crippen molar-refractivity contribution in [3.05, 3.63) is 35.9 Å². The highest BCUT2D eigenvalue weighted by Gasteiger charge is 2.19. The molecule has 82 valence electrons. The highest BCUT2D eigenvalue weighted by molar-refractivity contribution is 5.82. The molecule has 15 heavy (non-hydrogen) atoms. The number of hydrogen-bond acceptors (Lipinski definition) is 2. The lowest BCUT2D eigenvalue weighted by Gasteiger charge is -2.24. The molecule has 1 N–H and O–H groups in total. The Hall–Kier alpha value is -1.15. The summed E-state index contributed by atoms with van der Waals surface area (Å²) in [4.78, 5) is 10.4. The molecule has 0 amide bonds. The summed E-state index contributed by atoms with van der Waals surface area (Å²) in [7, 11) is 0. The van der Waals surface area contributed by atoms with Gasteiger partial charge in [0.15, 0.2) is 0 Å². The molecule has 0 saturated carbocycles. The van der Waals surface area contributed by atoms with Gasteiger partial charge < -0.3 is 5.32 Å². The third-order valence-corrected chi connectivity index (χ3v) is 2.57. The zero-order valence-electron chi connectivity index (χ0n) is 9.49. The van der Waals surface area contributed by atoms with Crippen molar-refractivity contribution in [2.45, 2.75) is 32.7 Å². The Balaban J connectivity index is 0.000000151. The molecule has 0 bridgehead atoms. The number of carbonyl (C=O) groups excluding carboxylic acids is 1. The molecular weight excluding hydrogens is 186 g/mol. The second-order valence-electron chi connectivity index (χ2n) is 3.75. The van der Waals surface area contributed by atoms with Crippen LogP contribution in [-0.4, -0.2) is 18.4 Å². The van der Waals surface area contributed by atoms with Crippen LogP contribution in [0.2, 0.25) is 0 Å². The van der Waals surface area contributed by atoms with E-state index >= 15 is 0 Å². The summed E-state index contributed by atoms with van der Waals surface area (Å²) in [6.45, 7) is 4.80. The average molecular weight is 205 g/mol. The Labute approximate surface area is 91.7 Å². The van der Waals surface area contributed by atoms with Crippen molar-refractivity contribution >= 4 is 5.78 Å². The fourth-order valence-corrected chi connectivity index (χ4v) is 1.35. The lowest BCUT2D eigenvalue weighted by Crippen LogP contribution is -2.47. The van der Waals surface area contributed by atoms with Gasteiger partial charge in [0.25, 0.3) is 0 Å². The number of aryl methyl sites for hydroxylation is 1. The van der Waals surface area contributed by atoms with Gasteiger partial charge in [0.05, 0.1) is 6.04 Å². The molecule has 0 spiro atoms. The average Bonchev–Trinajstić information content (AvgIpc) is 2.16. The third kappa shape index (κ3) is 4.26. The second kappa shape index (κ2) is 6.36. The Kier molecular flexibility index (Phi) is 5.05. The minimum absolute atomic E-state index is 0.194. The van der Waals surface area contributed by atoms with Crippen LogP contribution >= 0.6 is 0 Å². The molecule has 1 aliphatic heterocycles. The minimum atomic E-state index is 0.194. The van der Waals surface area contributed by atoms with E-state index in [0.29, 0.717) is 0 Å². The number of Topliss-reactive ketones (excluding diaryl/α,β-unsaturated/α-hetero) is 1. The van der Waals surface area contributed by atoms with E-state index in [1.165, 1.54) is 5.56 Å². The van der Waals surface area contributed by atoms with Gasteiger partial charge >= 0.3 is 0 Å². The van der Waals surface area contributed by atoms with E-state index in [2.05, 4.69) is 36.5 Å². The molecule has 2 heteroatoms. The third-order valence-electron chi connectivity index (χ3n) is 2.57. The fraction of sp³-hybridized carbons (Fsp3) is 0.462. The van der Waals surface area contributed by atoms with Gasteiger partial charge in [-0.2, -0.15) is 0 Å². The standard InChI is InChI=1S/C8H10.C5H9NO/c1-2-8-6-4-3-5-7-8;1-4(7)5-2-3-6-5/h3-7H,2H2,1H3;5-6H,2-3H2,1H3. The van der Waals surface area contributed by atoms with Gasteiger partial charge in [-0.3, -0.25) is 4.79 Å². The smallest absolute Gasteiger partial charge is 0.146 e. The topological polar surface area (TPSA) is 29.1 Å². The van der Waals surface area contributed by atoms with E-state index in [9.17, 15) is 4.79 Å². The molecule has 1 saturated heterocycles. The number of ketones is 1. The number of carbonyl (C=O) groups is 1. The molecule has 1 atom stereocenters. The maximum Gasteiger partial charge on any atom is 0.146 e. The lowest BCUT2D eigenvalue weighted by atomic mass is 10.0. The largest absolute Gasteiger partial charge is 0.307 e. The maximum atomic E-state index is 10.4. The Morgan fingerprint density at radius 2 is 2.00 bits per heavy atom. The molecule has 2 rings (SSSR count). The summed E-state index contributed by atoms with van der Waals surface area (Å²) >= 11 is 0. The molecule has 1 aromatic carbocycles. The van der Waals surface area contributed by atoms with Gasteiger partial charge in [-0.25, -0.2) is 0 Å². The first-order chi connectivity index (χ1) is 7.24. The van der Waals surface area contributed by atoms with Crippen LogP contribution in [0.1, 0.15) is 25.8 Å². The highest BCUT2D eigenvalue weighted by atomic mass is 16.1.